The molecule has 4 saturated heterocycles. The van der Waals surface area contributed by atoms with Gasteiger partial charge in [-0.05, 0) is 50.9 Å². The fourth-order valence-corrected chi connectivity index (χ4v) is 5.59. The average molecular weight is 408 g/mol. The molecule has 2 atom stereocenters. The molecule has 2 spiro atoms. The van der Waals surface area contributed by atoms with Gasteiger partial charge >= 0.3 is 0 Å². The van der Waals surface area contributed by atoms with E-state index in [0.717, 1.165) is 13.1 Å². The van der Waals surface area contributed by atoms with Gasteiger partial charge in [0.25, 0.3) is 0 Å². The first-order chi connectivity index (χ1) is 14.8. The van der Waals surface area contributed by atoms with Crippen molar-refractivity contribution in [3.05, 3.63) is 43.2 Å². The summed E-state index contributed by atoms with van der Waals surface area (Å²) in [7, 11) is 0. The molecule has 160 valence electrons. The first kappa shape index (κ1) is 19.7. The molecule has 6 heterocycles. The minimum atomic E-state index is 0.524. The zero-order valence-electron chi connectivity index (χ0n) is 17.8. The Balaban J connectivity index is 0.000000128. The van der Waals surface area contributed by atoms with Crippen LogP contribution in [0.25, 0.3) is 0 Å². The smallest absolute Gasteiger partial charge is 0.115 e. The molecule has 6 rings (SSSR count). The summed E-state index contributed by atoms with van der Waals surface area (Å²) in [5.74, 6) is 0. The van der Waals surface area contributed by atoms with Gasteiger partial charge in [0.15, 0.2) is 0 Å². The van der Waals surface area contributed by atoms with E-state index in [1.807, 2.05) is 30.9 Å². The van der Waals surface area contributed by atoms with Crippen molar-refractivity contribution in [1.29, 1.82) is 0 Å². The van der Waals surface area contributed by atoms with Crippen molar-refractivity contribution in [2.75, 3.05) is 62.2 Å². The molecule has 0 radical (unpaired) electrons. The number of rotatable bonds is 2. The number of anilines is 2. The van der Waals surface area contributed by atoms with Crippen LogP contribution in [0.1, 0.15) is 25.7 Å². The van der Waals surface area contributed by atoms with Gasteiger partial charge in [-0.3, -0.25) is 4.98 Å². The van der Waals surface area contributed by atoms with Crippen LogP contribution in [0.15, 0.2) is 43.2 Å². The van der Waals surface area contributed by atoms with Crippen LogP contribution < -0.4 is 20.4 Å². The normalized spacial score (nSPS) is 30.3. The van der Waals surface area contributed by atoms with Crippen molar-refractivity contribution < 1.29 is 0 Å². The van der Waals surface area contributed by atoms with Crippen molar-refractivity contribution >= 4 is 11.4 Å². The first-order valence-electron chi connectivity index (χ1n) is 11.3. The molecule has 2 unspecified atom stereocenters. The second kappa shape index (κ2) is 8.47. The van der Waals surface area contributed by atoms with E-state index < -0.39 is 0 Å². The van der Waals surface area contributed by atoms with Crippen LogP contribution in [-0.2, 0) is 0 Å². The van der Waals surface area contributed by atoms with Gasteiger partial charge in [-0.2, -0.15) is 0 Å². The van der Waals surface area contributed by atoms with Gasteiger partial charge in [-0.15, -0.1) is 0 Å². The van der Waals surface area contributed by atoms with E-state index in [-0.39, 0.29) is 0 Å². The summed E-state index contributed by atoms with van der Waals surface area (Å²) in [6, 6.07) is 4.18. The van der Waals surface area contributed by atoms with Crippen molar-refractivity contribution in [1.82, 2.24) is 25.6 Å². The van der Waals surface area contributed by atoms with Crippen LogP contribution in [0.4, 0.5) is 11.4 Å². The Morgan fingerprint density at radius 2 is 1.33 bits per heavy atom. The van der Waals surface area contributed by atoms with Crippen molar-refractivity contribution in [2.24, 2.45) is 10.8 Å². The number of pyridine rings is 1. The molecule has 4 fully saturated rings. The summed E-state index contributed by atoms with van der Waals surface area (Å²) >= 11 is 0. The molecule has 2 N–H and O–H groups in total. The molecule has 30 heavy (non-hydrogen) atoms. The highest BCUT2D eigenvalue weighted by Crippen LogP contribution is 2.38. The minimum absolute atomic E-state index is 0.524. The zero-order valence-corrected chi connectivity index (χ0v) is 17.8. The molecule has 0 bridgehead atoms. The second-order valence-electron chi connectivity index (χ2n) is 9.50. The number of nitrogens with zero attached hydrogens (tertiary/aromatic N) is 5. The number of aromatic nitrogens is 3. The van der Waals surface area contributed by atoms with Gasteiger partial charge in [-0.25, -0.2) is 9.97 Å². The molecule has 0 saturated carbocycles. The monoisotopic (exact) mass is 407 g/mol. The van der Waals surface area contributed by atoms with E-state index in [1.165, 1.54) is 76.3 Å². The molecule has 0 amide bonds. The summed E-state index contributed by atoms with van der Waals surface area (Å²) in [4.78, 5) is 17.2. The molecule has 7 heteroatoms. The Bertz CT molecular complexity index is 731. The largest absolute Gasteiger partial charge is 0.370 e. The summed E-state index contributed by atoms with van der Waals surface area (Å²) < 4.78 is 0. The Kier molecular flexibility index (Phi) is 5.56. The predicted molar refractivity (Wildman–Crippen MR) is 120 cm³/mol. The lowest BCUT2D eigenvalue weighted by Crippen LogP contribution is -2.29. The Hall–Kier alpha value is -2.25. The van der Waals surface area contributed by atoms with Crippen LogP contribution >= 0.6 is 0 Å². The minimum Gasteiger partial charge on any atom is -0.370 e. The molecule has 0 aromatic carbocycles. The molecule has 0 aliphatic carbocycles. The molecule has 7 nitrogen and oxygen atoms in total. The lowest BCUT2D eigenvalue weighted by molar-refractivity contribution is 0.369. The van der Waals surface area contributed by atoms with E-state index in [2.05, 4.69) is 41.5 Å². The molecule has 2 aromatic rings. The maximum Gasteiger partial charge on any atom is 0.115 e. The highest BCUT2D eigenvalue weighted by molar-refractivity contribution is 5.45. The fraction of sp³-hybridized carbons (Fsp3) is 0.609. The van der Waals surface area contributed by atoms with Crippen molar-refractivity contribution in [3.63, 3.8) is 0 Å². The topological polar surface area (TPSA) is 69.2 Å². The fourth-order valence-electron chi connectivity index (χ4n) is 5.59. The number of nitrogens with one attached hydrogen (secondary N) is 2. The van der Waals surface area contributed by atoms with Crippen LogP contribution in [0, 0.1) is 10.8 Å². The van der Waals surface area contributed by atoms with Crippen LogP contribution in [-0.4, -0.2) is 67.3 Å². The van der Waals surface area contributed by atoms with Crippen molar-refractivity contribution in [3.8, 4) is 0 Å². The highest BCUT2D eigenvalue weighted by Gasteiger charge is 2.41. The predicted octanol–water partition coefficient (Wildman–Crippen LogP) is 1.94. The van der Waals surface area contributed by atoms with Crippen LogP contribution in [0.3, 0.4) is 0 Å². The standard InChI is InChI=1S/C12H17N3.C11H16N4/c1-2-11(8-13-5-1)15-7-4-12(10-15)3-6-14-9-12;1-3-12-7-11(1)2-4-15(8-11)10-5-13-9-14-6-10/h1-2,5,8,14H,3-4,6-7,9-10H2;5-6,9,12H,1-4,7-8H2. The number of hydrogen-bond acceptors (Lipinski definition) is 7. The number of hydrogen-bond donors (Lipinski definition) is 2. The van der Waals surface area contributed by atoms with Gasteiger partial charge in [-0.1, -0.05) is 0 Å². The Morgan fingerprint density at radius 1 is 0.733 bits per heavy atom. The Morgan fingerprint density at radius 3 is 1.87 bits per heavy atom. The van der Waals surface area contributed by atoms with Gasteiger partial charge < -0.3 is 20.4 Å². The molecular weight excluding hydrogens is 374 g/mol. The van der Waals surface area contributed by atoms with E-state index in [4.69, 9.17) is 0 Å². The van der Waals surface area contributed by atoms with E-state index >= 15 is 0 Å². The summed E-state index contributed by atoms with van der Waals surface area (Å²) in [6.45, 7) is 9.45. The van der Waals surface area contributed by atoms with Gasteiger partial charge in [0, 0.05) is 56.3 Å². The first-order valence-corrected chi connectivity index (χ1v) is 11.3. The van der Waals surface area contributed by atoms with Crippen molar-refractivity contribution in [2.45, 2.75) is 25.7 Å². The summed E-state index contributed by atoms with van der Waals surface area (Å²) in [6.07, 6.45) is 14.5. The Labute approximate surface area is 179 Å². The van der Waals surface area contributed by atoms with Crippen LogP contribution in [0.2, 0.25) is 0 Å². The summed E-state index contributed by atoms with van der Waals surface area (Å²) in [5, 5.41) is 6.95. The average Bonchev–Trinajstić information content (AvgIpc) is 3.61. The molecular formula is C23H33N7. The molecule has 4 aliphatic heterocycles. The van der Waals surface area contributed by atoms with Gasteiger partial charge in [0.05, 0.1) is 30.0 Å². The third-order valence-corrected chi connectivity index (χ3v) is 7.46. The summed E-state index contributed by atoms with van der Waals surface area (Å²) in [5.41, 5.74) is 3.52. The van der Waals surface area contributed by atoms with E-state index in [1.54, 1.807) is 6.33 Å². The quantitative estimate of drug-likeness (QED) is 0.788. The lowest BCUT2D eigenvalue weighted by Gasteiger charge is -2.23. The maximum absolute atomic E-state index is 4.19. The van der Waals surface area contributed by atoms with E-state index in [9.17, 15) is 0 Å². The van der Waals surface area contributed by atoms with Crippen LogP contribution in [0.5, 0.6) is 0 Å². The van der Waals surface area contributed by atoms with Gasteiger partial charge in [0.2, 0.25) is 0 Å². The third-order valence-electron chi connectivity index (χ3n) is 7.46. The maximum atomic E-state index is 4.19. The lowest BCUT2D eigenvalue weighted by atomic mass is 9.86. The second-order valence-corrected chi connectivity index (χ2v) is 9.50. The molecule has 2 aromatic heterocycles. The van der Waals surface area contributed by atoms with E-state index in [0.29, 0.717) is 10.8 Å². The van der Waals surface area contributed by atoms with Gasteiger partial charge in [0.1, 0.15) is 6.33 Å². The highest BCUT2D eigenvalue weighted by atomic mass is 15.2. The SMILES string of the molecule is c1cncc(N2CCC3(CCNC3)C2)c1.c1ncc(N2CCC3(CCNC3)C2)cn1. The zero-order chi connectivity index (χ0) is 20.3. The molecule has 4 aliphatic rings. The third kappa shape index (κ3) is 4.14.